The van der Waals surface area contributed by atoms with Crippen LogP contribution in [0.3, 0.4) is 0 Å². The number of aromatic nitrogens is 4. The fraction of sp³-hybridized carbons (Fsp3) is 0.250. The third-order valence-corrected chi connectivity index (χ3v) is 5.39. The summed E-state index contributed by atoms with van der Waals surface area (Å²) >= 11 is 0. The fourth-order valence-electron chi connectivity index (χ4n) is 3.49. The number of ether oxygens (including phenoxy) is 1. The molecule has 9 nitrogen and oxygen atoms in total. The van der Waals surface area contributed by atoms with E-state index in [9.17, 15) is 4.79 Å². The van der Waals surface area contributed by atoms with Gasteiger partial charge < -0.3 is 25.7 Å². The molecule has 170 valence electrons. The van der Waals surface area contributed by atoms with Crippen molar-refractivity contribution in [3.63, 3.8) is 0 Å². The van der Waals surface area contributed by atoms with Crippen LogP contribution in [0.2, 0.25) is 0 Å². The van der Waals surface area contributed by atoms with Gasteiger partial charge in [-0.05, 0) is 55.6 Å². The molecule has 33 heavy (non-hydrogen) atoms. The predicted molar refractivity (Wildman–Crippen MR) is 131 cm³/mol. The summed E-state index contributed by atoms with van der Waals surface area (Å²) in [6, 6.07) is 12.9. The van der Waals surface area contributed by atoms with Crippen LogP contribution in [0.25, 0.3) is 22.2 Å². The number of hydrogen-bond donors (Lipinski definition) is 3. The van der Waals surface area contributed by atoms with Crippen molar-refractivity contribution in [1.82, 2.24) is 24.8 Å². The lowest BCUT2D eigenvalue weighted by Crippen LogP contribution is -2.27. The first kappa shape index (κ1) is 22.2. The SMILES string of the molecule is CCN(CC)CCOc1ccc(Nc2nc(-c3ccc(N)nc3)cc3nc[nH]c(=O)c23)cc1. The summed E-state index contributed by atoms with van der Waals surface area (Å²) in [5, 5.41) is 3.63. The van der Waals surface area contributed by atoms with Crippen LogP contribution in [-0.4, -0.2) is 51.1 Å². The highest BCUT2D eigenvalue weighted by Gasteiger charge is 2.13. The molecule has 0 aliphatic heterocycles. The molecular weight excluding hydrogens is 418 g/mol. The van der Waals surface area contributed by atoms with Gasteiger partial charge in [-0.2, -0.15) is 0 Å². The minimum Gasteiger partial charge on any atom is -0.492 e. The second-order valence-electron chi connectivity index (χ2n) is 7.48. The van der Waals surface area contributed by atoms with E-state index in [-0.39, 0.29) is 5.56 Å². The molecule has 0 saturated heterocycles. The molecule has 0 radical (unpaired) electrons. The van der Waals surface area contributed by atoms with Crippen molar-refractivity contribution in [2.75, 3.05) is 37.3 Å². The monoisotopic (exact) mass is 445 g/mol. The number of hydrogen-bond acceptors (Lipinski definition) is 8. The predicted octanol–water partition coefficient (Wildman–Crippen LogP) is 3.43. The van der Waals surface area contributed by atoms with Crippen molar-refractivity contribution < 1.29 is 4.74 Å². The van der Waals surface area contributed by atoms with Gasteiger partial charge in [0.2, 0.25) is 0 Å². The minimum atomic E-state index is -0.270. The number of pyridine rings is 2. The number of likely N-dealkylation sites (N-methyl/N-ethyl adjacent to an activating group) is 1. The molecule has 0 aliphatic carbocycles. The molecule has 4 N–H and O–H groups in total. The van der Waals surface area contributed by atoms with Gasteiger partial charge in [0.05, 0.1) is 17.5 Å². The molecule has 0 atom stereocenters. The number of nitrogens with zero attached hydrogens (tertiary/aromatic N) is 4. The maximum absolute atomic E-state index is 12.5. The average molecular weight is 446 g/mol. The molecule has 3 aromatic heterocycles. The van der Waals surface area contributed by atoms with Crippen molar-refractivity contribution >= 4 is 28.2 Å². The molecule has 1 aromatic carbocycles. The maximum Gasteiger partial charge on any atom is 0.262 e. The van der Waals surface area contributed by atoms with Crippen LogP contribution >= 0.6 is 0 Å². The molecule has 0 aliphatic rings. The van der Waals surface area contributed by atoms with E-state index in [1.807, 2.05) is 30.3 Å². The van der Waals surface area contributed by atoms with Gasteiger partial charge in [-0.15, -0.1) is 0 Å². The zero-order valence-electron chi connectivity index (χ0n) is 18.7. The topological polar surface area (TPSA) is 122 Å². The molecule has 0 saturated carbocycles. The molecule has 0 amide bonds. The van der Waals surface area contributed by atoms with Gasteiger partial charge in [0.25, 0.3) is 5.56 Å². The number of H-pyrrole nitrogens is 1. The normalized spacial score (nSPS) is 11.1. The quantitative estimate of drug-likeness (QED) is 0.358. The number of aromatic amines is 1. The largest absolute Gasteiger partial charge is 0.492 e. The zero-order chi connectivity index (χ0) is 23.2. The molecule has 0 unspecified atom stereocenters. The first-order chi connectivity index (χ1) is 16.1. The highest BCUT2D eigenvalue weighted by molar-refractivity contribution is 5.92. The van der Waals surface area contributed by atoms with E-state index in [1.165, 1.54) is 6.33 Å². The van der Waals surface area contributed by atoms with E-state index < -0.39 is 0 Å². The number of nitrogens with one attached hydrogen (secondary N) is 2. The van der Waals surface area contributed by atoms with Gasteiger partial charge in [-0.1, -0.05) is 13.8 Å². The van der Waals surface area contributed by atoms with E-state index in [2.05, 4.69) is 44.0 Å². The molecule has 4 rings (SSSR count). The van der Waals surface area contributed by atoms with Gasteiger partial charge in [-0.3, -0.25) is 4.79 Å². The summed E-state index contributed by atoms with van der Waals surface area (Å²) in [4.78, 5) is 30.6. The molecule has 3 heterocycles. The number of rotatable bonds is 9. The van der Waals surface area contributed by atoms with Gasteiger partial charge in [0, 0.05) is 24.0 Å². The molecule has 0 spiro atoms. The lowest BCUT2D eigenvalue weighted by Gasteiger charge is -2.18. The van der Waals surface area contributed by atoms with Crippen molar-refractivity contribution in [1.29, 1.82) is 0 Å². The number of anilines is 3. The van der Waals surface area contributed by atoms with Crippen LogP contribution in [0.1, 0.15) is 13.8 Å². The Hall–Kier alpha value is -3.98. The Morgan fingerprint density at radius 1 is 1.09 bits per heavy atom. The highest BCUT2D eigenvalue weighted by Crippen LogP contribution is 2.27. The van der Waals surface area contributed by atoms with Crippen LogP contribution in [-0.2, 0) is 0 Å². The lowest BCUT2D eigenvalue weighted by molar-refractivity contribution is 0.223. The first-order valence-electron chi connectivity index (χ1n) is 10.9. The molecular formula is C24H27N7O2. The number of nitrogen functional groups attached to an aromatic ring is 1. The molecule has 0 bridgehead atoms. The van der Waals surface area contributed by atoms with Crippen LogP contribution in [0, 0.1) is 0 Å². The summed E-state index contributed by atoms with van der Waals surface area (Å²) in [6.45, 7) is 7.79. The van der Waals surface area contributed by atoms with Crippen LogP contribution in [0.4, 0.5) is 17.3 Å². The Morgan fingerprint density at radius 3 is 2.58 bits per heavy atom. The van der Waals surface area contributed by atoms with Crippen LogP contribution < -0.4 is 21.3 Å². The fourth-order valence-corrected chi connectivity index (χ4v) is 3.49. The van der Waals surface area contributed by atoms with Crippen molar-refractivity contribution in [2.45, 2.75) is 13.8 Å². The van der Waals surface area contributed by atoms with Gasteiger partial charge in [0.1, 0.15) is 29.4 Å². The van der Waals surface area contributed by atoms with Crippen molar-refractivity contribution in [3.05, 3.63) is 65.3 Å². The summed E-state index contributed by atoms with van der Waals surface area (Å²) < 4.78 is 5.85. The summed E-state index contributed by atoms with van der Waals surface area (Å²) in [5.74, 6) is 1.61. The Morgan fingerprint density at radius 2 is 1.88 bits per heavy atom. The molecule has 4 aromatic rings. The maximum atomic E-state index is 12.5. The Balaban J connectivity index is 1.58. The number of fused-ring (bicyclic) bond motifs is 1. The first-order valence-corrected chi connectivity index (χ1v) is 10.9. The summed E-state index contributed by atoms with van der Waals surface area (Å²) in [7, 11) is 0. The molecule has 0 fully saturated rings. The second-order valence-corrected chi connectivity index (χ2v) is 7.48. The third kappa shape index (κ3) is 5.27. The second kappa shape index (κ2) is 10.1. The van der Waals surface area contributed by atoms with E-state index in [4.69, 9.17) is 10.5 Å². The lowest BCUT2D eigenvalue weighted by atomic mass is 10.1. The van der Waals surface area contributed by atoms with Crippen LogP contribution in [0.15, 0.2) is 59.8 Å². The Labute approximate surface area is 191 Å². The summed E-state index contributed by atoms with van der Waals surface area (Å²) in [6.07, 6.45) is 3.02. The van der Waals surface area contributed by atoms with Gasteiger partial charge >= 0.3 is 0 Å². The van der Waals surface area contributed by atoms with E-state index in [1.54, 1.807) is 18.3 Å². The third-order valence-electron chi connectivity index (χ3n) is 5.39. The summed E-state index contributed by atoms with van der Waals surface area (Å²) in [5.41, 5.74) is 8.14. The van der Waals surface area contributed by atoms with E-state index in [0.717, 1.165) is 36.6 Å². The average Bonchev–Trinajstić information content (AvgIpc) is 2.83. The van der Waals surface area contributed by atoms with Crippen LogP contribution in [0.5, 0.6) is 5.75 Å². The number of benzene rings is 1. The molecule has 9 heteroatoms. The van der Waals surface area contributed by atoms with Crippen molar-refractivity contribution in [2.24, 2.45) is 0 Å². The van der Waals surface area contributed by atoms with Gasteiger partial charge in [0.15, 0.2) is 0 Å². The van der Waals surface area contributed by atoms with Gasteiger partial charge in [-0.25, -0.2) is 15.0 Å². The van der Waals surface area contributed by atoms with E-state index in [0.29, 0.717) is 34.8 Å². The highest BCUT2D eigenvalue weighted by atomic mass is 16.5. The smallest absolute Gasteiger partial charge is 0.262 e. The number of nitrogens with two attached hydrogens (primary N) is 1. The standard InChI is InChI=1S/C24H27N7O2/c1-3-31(4-2)11-12-33-18-8-6-17(7-9-18)29-23-22-20(27-15-28-24(22)32)13-19(30-23)16-5-10-21(25)26-14-16/h5-10,13-15H,3-4,11-12H2,1-2H3,(H2,25,26)(H,29,30)(H,27,28,32). The Kier molecular flexibility index (Phi) is 6.80. The Bertz CT molecular complexity index is 1270. The van der Waals surface area contributed by atoms with E-state index >= 15 is 0 Å². The zero-order valence-corrected chi connectivity index (χ0v) is 18.7. The minimum absolute atomic E-state index is 0.270. The van der Waals surface area contributed by atoms with Crippen molar-refractivity contribution in [3.8, 4) is 17.0 Å².